The van der Waals surface area contributed by atoms with Crippen LogP contribution in [0.4, 0.5) is 4.39 Å². The third-order valence-corrected chi connectivity index (χ3v) is 5.15. The molecular weight excluding hydrogens is 463 g/mol. The van der Waals surface area contributed by atoms with Crippen molar-refractivity contribution in [2.75, 3.05) is 0 Å². The molecule has 2 aromatic carbocycles. The summed E-state index contributed by atoms with van der Waals surface area (Å²) in [7, 11) is 0. The number of aliphatic carboxylic acids is 1. The lowest BCUT2D eigenvalue weighted by molar-refractivity contribution is -0.132. The summed E-state index contributed by atoms with van der Waals surface area (Å²) in [5.74, 6) is -2.10. The first-order chi connectivity index (χ1) is 17.3. The second kappa shape index (κ2) is 11.9. The fraction of sp³-hybridized carbons (Fsp3) is 0.0357. The monoisotopic (exact) mass is 486 g/mol. The fourth-order valence-electron chi connectivity index (χ4n) is 3.16. The van der Waals surface area contributed by atoms with Crippen molar-refractivity contribution in [1.29, 1.82) is 0 Å². The minimum atomic E-state index is -1.13. The molecule has 0 aliphatic carbocycles. The molecule has 0 unspecified atom stereocenters. The number of carbonyl (C=O) groups is 2. The van der Waals surface area contributed by atoms with Crippen molar-refractivity contribution >= 4 is 30.2 Å². The van der Waals surface area contributed by atoms with Crippen LogP contribution in [0.15, 0.2) is 91.0 Å². The molecule has 0 bridgehead atoms. The number of ether oxygens (including phenoxy) is 1. The van der Waals surface area contributed by atoms with Gasteiger partial charge in [0.25, 0.3) is 6.01 Å². The highest BCUT2D eigenvalue weighted by Gasteiger charge is 2.09. The zero-order chi connectivity index (χ0) is 26.1. The average Bonchev–Trinajstić information content (AvgIpc) is 3.26. The molecule has 1 aromatic heterocycles. The van der Waals surface area contributed by atoms with Gasteiger partial charge >= 0.3 is 11.9 Å². The average molecular weight is 486 g/mol. The van der Waals surface area contributed by atoms with Gasteiger partial charge in [-0.25, -0.2) is 14.0 Å². The Morgan fingerprint density at radius 2 is 1.64 bits per heavy atom. The van der Waals surface area contributed by atoms with E-state index in [4.69, 9.17) is 9.84 Å². The standard InChI is InChI=1S/C28H23FN2O5/c1-3-18(2)23(27(34)35)15-17-36-28-30-24(25(31-28)14-16-29)13-6-19-4-7-20(8-5-19)21-9-11-22(12-10-21)26(32)33/h3-17H,1H2,2H3,(H,30,31)(H,32,33)(H,34,35)/b13-6+,16-14+,17-15+,23-18+. The SMILES string of the molecule is C=C/C(C)=C(\C=C\Oc1nc(/C=C/c2ccc(-c3ccc(C(=O)O)cc3)cc2)c(/C=C/F)[nH]1)C(=O)O. The minimum Gasteiger partial charge on any atom is -0.478 e. The number of hydrogen-bond acceptors (Lipinski definition) is 4. The van der Waals surface area contributed by atoms with Crippen LogP contribution in [0, 0.1) is 0 Å². The van der Waals surface area contributed by atoms with Gasteiger partial charge in [0.15, 0.2) is 0 Å². The largest absolute Gasteiger partial charge is 0.478 e. The van der Waals surface area contributed by atoms with Gasteiger partial charge in [0.2, 0.25) is 0 Å². The van der Waals surface area contributed by atoms with Crippen LogP contribution >= 0.6 is 0 Å². The van der Waals surface area contributed by atoms with Gasteiger partial charge in [0.1, 0.15) is 0 Å². The summed E-state index contributed by atoms with van der Waals surface area (Å²) in [6.07, 6.45) is 8.91. The number of nitrogens with zero attached hydrogens (tertiary/aromatic N) is 1. The molecule has 182 valence electrons. The van der Waals surface area contributed by atoms with E-state index in [1.165, 1.54) is 24.5 Å². The lowest BCUT2D eigenvalue weighted by atomic mass is 10.0. The molecule has 0 radical (unpaired) electrons. The highest BCUT2D eigenvalue weighted by Crippen LogP contribution is 2.22. The highest BCUT2D eigenvalue weighted by molar-refractivity contribution is 5.91. The summed E-state index contributed by atoms with van der Waals surface area (Å²) in [6, 6.07) is 14.2. The van der Waals surface area contributed by atoms with Crippen LogP contribution in [0.5, 0.6) is 6.01 Å². The third kappa shape index (κ3) is 6.54. The Kier molecular flexibility index (Phi) is 8.50. The number of aromatic carboxylic acids is 1. The van der Waals surface area contributed by atoms with E-state index in [0.29, 0.717) is 23.3 Å². The normalized spacial score (nSPS) is 12.3. The van der Waals surface area contributed by atoms with E-state index in [9.17, 15) is 19.1 Å². The molecule has 8 heteroatoms. The Bertz CT molecular complexity index is 1380. The van der Waals surface area contributed by atoms with Gasteiger partial charge in [0.05, 0.1) is 35.1 Å². The Labute approximate surface area is 206 Å². The van der Waals surface area contributed by atoms with E-state index >= 15 is 0 Å². The van der Waals surface area contributed by atoms with E-state index < -0.39 is 11.9 Å². The molecule has 0 saturated carbocycles. The summed E-state index contributed by atoms with van der Waals surface area (Å²) < 4.78 is 18.2. The van der Waals surface area contributed by atoms with Crippen LogP contribution in [-0.4, -0.2) is 32.1 Å². The van der Waals surface area contributed by atoms with Gasteiger partial charge < -0.3 is 19.9 Å². The maximum absolute atomic E-state index is 12.9. The number of carboxylic acid groups (broad SMARTS) is 2. The van der Waals surface area contributed by atoms with Gasteiger partial charge in [-0.05, 0) is 59.5 Å². The molecule has 0 saturated heterocycles. The van der Waals surface area contributed by atoms with Gasteiger partial charge in [-0.2, -0.15) is 4.98 Å². The Hall–Kier alpha value is -4.98. The smallest absolute Gasteiger partial charge is 0.336 e. The molecule has 3 N–H and O–H groups in total. The number of nitrogens with one attached hydrogen (secondary N) is 1. The predicted molar refractivity (Wildman–Crippen MR) is 137 cm³/mol. The van der Waals surface area contributed by atoms with E-state index in [1.54, 1.807) is 43.3 Å². The minimum absolute atomic E-state index is 0.0156. The van der Waals surface area contributed by atoms with Gasteiger partial charge in [0, 0.05) is 0 Å². The summed E-state index contributed by atoms with van der Waals surface area (Å²) in [5, 5.41) is 18.3. The molecule has 0 aliphatic heterocycles. The molecule has 1 heterocycles. The number of allylic oxidation sites excluding steroid dienone is 2. The quantitative estimate of drug-likeness (QED) is 0.174. The third-order valence-electron chi connectivity index (χ3n) is 5.15. The molecule has 0 spiro atoms. The first-order valence-electron chi connectivity index (χ1n) is 10.7. The van der Waals surface area contributed by atoms with E-state index in [1.807, 2.05) is 24.3 Å². The maximum atomic E-state index is 12.9. The molecule has 3 rings (SSSR count). The van der Waals surface area contributed by atoms with Crippen molar-refractivity contribution in [3.63, 3.8) is 0 Å². The number of benzene rings is 2. The molecule has 0 aliphatic rings. The molecule has 0 atom stereocenters. The van der Waals surface area contributed by atoms with Crippen molar-refractivity contribution in [2.24, 2.45) is 0 Å². The van der Waals surface area contributed by atoms with Crippen LogP contribution < -0.4 is 4.74 Å². The van der Waals surface area contributed by atoms with Crippen molar-refractivity contribution in [3.05, 3.63) is 114 Å². The molecule has 3 aromatic rings. The number of imidazole rings is 1. The number of aromatic nitrogens is 2. The topological polar surface area (TPSA) is 113 Å². The van der Waals surface area contributed by atoms with Crippen molar-refractivity contribution < 1.29 is 28.9 Å². The molecule has 0 amide bonds. The zero-order valence-corrected chi connectivity index (χ0v) is 19.3. The van der Waals surface area contributed by atoms with E-state index in [-0.39, 0.29) is 17.1 Å². The van der Waals surface area contributed by atoms with Crippen LogP contribution in [0.2, 0.25) is 0 Å². The second-order valence-electron chi connectivity index (χ2n) is 7.50. The first-order valence-corrected chi connectivity index (χ1v) is 10.7. The molecule has 7 nitrogen and oxygen atoms in total. The van der Waals surface area contributed by atoms with Crippen molar-refractivity contribution in [1.82, 2.24) is 9.97 Å². The highest BCUT2D eigenvalue weighted by atomic mass is 19.1. The van der Waals surface area contributed by atoms with Crippen LogP contribution in [0.25, 0.3) is 29.4 Å². The van der Waals surface area contributed by atoms with E-state index in [2.05, 4.69) is 16.5 Å². The van der Waals surface area contributed by atoms with Gasteiger partial charge in [-0.1, -0.05) is 55.1 Å². The van der Waals surface area contributed by atoms with Crippen molar-refractivity contribution in [2.45, 2.75) is 6.92 Å². The number of halogens is 1. The number of aromatic amines is 1. The number of rotatable bonds is 10. The van der Waals surface area contributed by atoms with Gasteiger partial charge in [-0.3, -0.25) is 0 Å². The summed E-state index contributed by atoms with van der Waals surface area (Å²) in [6.45, 7) is 5.17. The summed E-state index contributed by atoms with van der Waals surface area (Å²) in [5.41, 5.74) is 4.15. The summed E-state index contributed by atoms with van der Waals surface area (Å²) >= 11 is 0. The number of H-pyrrole nitrogens is 1. The molecular formula is C28H23FN2O5. The van der Waals surface area contributed by atoms with Gasteiger partial charge in [-0.15, -0.1) is 0 Å². The van der Waals surface area contributed by atoms with Crippen LogP contribution in [0.1, 0.15) is 34.2 Å². The Morgan fingerprint density at radius 3 is 2.19 bits per heavy atom. The predicted octanol–water partition coefficient (Wildman–Crippen LogP) is 6.37. The molecule has 0 fully saturated rings. The number of hydrogen-bond donors (Lipinski definition) is 3. The lowest BCUT2D eigenvalue weighted by Crippen LogP contribution is -2.00. The lowest BCUT2D eigenvalue weighted by Gasteiger charge is -2.03. The Balaban J connectivity index is 1.76. The van der Waals surface area contributed by atoms with Crippen LogP contribution in [0.3, 0.4) is 0 Å². The Morgan fingerprint density at radius 1 is 1.00 bits per heavy atom. The molecule has 36 heavy (non-hydrogen) atoms. The van der Waals surface area contributed by atoms with Crippen molar-refractivity contribution in [3.8, 4) is 17.1 Å². The van der Waals surface area contributed by atoms with Crippen LogP contribution in [-0.2, 0) is 4.79 Å². The zero-order valence-electron chi connectivity index (χ0n) is 19.3. The summed E-state index contributed by atoms with van der Waals surface area (Å²) in [4.78, 5) is 29.4. The fourth-order valence-corrected chi connectivity index (χ4v) is 3.16. The first kappa shape index (κ1) is 25.6. The number of carboxylic acids is 2. The maximum Gasteiger partial charge on any atom is 0.336 e. The second-order valence-corrected chi connectivity index (χ2v) is 7.50. The van der Waals surface area contributed by atoms with E-state index in [0.717, 1.165) is 16.7 Å².